The molecule has 4 heterocycles. The molecule has 0 radical (unpaired) electrons. The molecule has 1 saturated heterocycles. The first-order valence-corrected chi connectivity index (χ1v) is 9.08. The number of anilines is 2. The molecule has 0 aliphatic carbocycles. The zero-order chi connectivity index (χ0) is 18.6. The van der Waals surface area contributed by atoms with E-state index < -0.39 is 0 Å². The smallest absolute Gasteiger partial charge is 0.178 e. The summed E-state index contributed by atoms with van der Waals surface area (Å²) in [5.41, 5.74) is 2.15. The molecule has 0 unspecified atom stereocenters. The molecule has 3 aromatic heterocycles. The summed E-state index contributed by atoms with van der Waals surface area (Å²) in [4.78, 5) is 10.7. The van der Waals surface area contributed by atoms with Gasteiger partial charge in [-0.25, -0.2) is 4.98 Å². The second-order valence-electron chi connectivity index (χ2n) is 6.13. The molecule has 1 N–H and O–H groups in total. The van der Waals surface area contributed by atoms with Gasteiger partial charge in [-0.1, -0.05) is 11.6 Å². The van der Waals surface area contributed by atoms with Gasteiger partial charge in [0.1, 0.15) is 16.7 Å². The quantitative estimate of drug-likeness (QED) is 0.721. The summed E-state index contributed by atoms with van der Waals surface area (Å²) >= 11 is 6.27. The molecule has 1 aliphatic heterocycles. The molecule has 0 bridgehead atoms. The lowest BCUT2D eigenvalue weighted by Crippen LogP contribution is -2.37. The molecule has 1 fully saturated rings. The number of nitriles is 1. The Kier molecular flexibility index (Phi) is 5.05. The van der Waals surface area contributed by atoms with Gasteiger partial charge in [-0.2, -0.15) is 14.9 Å². The molecule has 27 heavy (non-hydrogen) atoms. The lowest BCUT2D eigenvalue weighted by Gasteiger charge is -2.29. The Morgan fingerprint density at radius 1 is 1.26 bits per heavy atom. The van der Waals surface area contributed by atoms with Crippen LogP contribution in [0.1, 0.15) is 11.1 Å². The highest BCUT2D eigenvalue weighted by Gasteiger charge is 2.23. The number of hydrogen-bond acceptors (Lipinski definition) is 7. The van der Waals surface area contributed by atoms with Crippen LogP contribution >= 0.6 is 11.6 Å². The number of ether oxygens (including phenoxy) is 1. The van der Waals surface area contributed by atoms with Gasteiger partial charge in [-0.05, 0) is 24.1 Å². The Hall–Kier alpha value is -2.89. The SMILES string of the molecule is N#Cc1c(N2CCOCC2)nc2c(Cl)cnn2c1NCCc1ccncc1. The molecule has 0 amide bonds. The van der Waals surface area contributed by atoms with Gasteiger partial charge in [0, 0.05) is 32.0 Å². The van der Waals surface area contributed by atoms with E-state index in [1.165, 1.54) is 0 Å². The van der Waals surface area contributed by atoms with Crippen molar-refractivity contribution in [2.45, 2.75) is 6.42 Å². The van der Waals surface area contributed by atoms with Crippen molar-refractivity contribution in [3.8, 4) is 6.07 Å². The normalized spacial score (nSPS) is 14.3. The van der Waals surface area contributed by atoms with E-state index in [0.717, 1.165) is 12.0 Å². The van der Waals surface area contributed by atoms with Crippen LogP contribution in [0.25, 0.3) is 5.65 Å². The number of hydrogen-bond donors (Lipinski definition) is 1. The van der Waals surface area contributed by atoms with Gasteiger partial charge in [0.15, 0.2) is 17.3 Å². The third-order valence-electron chi connectivity index (χ3n) is 4.46. The van der Waals surface area contributed by atoms with Crippen molar-refractivity contribution in [2.24, 2.45) is 0 Å². The molecule has 0 saturated carbocycles. The molecule has 8 nitrogen and oxygen atoms in total. The molecule has 138 valence electrons. The van der Waals surface area contributed by atoms with Gasteiger partial charge in [0.25, 0.3) is 0 Å². The lowest BCUT2D eigenvalue weighted by atomic mass is 10.2. The molecular weight excluding hydrogens is 366 g/mol. The van der Waals surface area contributed by atoms with Crippen molar-refractivity contribution in [1.82, 2.24) is 19.6 Å². The molecule has 3 aromatic rings. The van der Waals surface area contributed by atoms with Crippen LogP contribution in [0.15, 0.2) is 30.7 Å². The Bertz CT molecular complexity index is 977. The fraction of sp³-hybridized carbons (Fsp3) is 0.333. The molecule has 9 heteroatoms. The number of rotatable bonds is 5. The predicted molar refractivity (Wildman–Crippen MR) is 102 cm³/mol. The average molecular weight is 384 g/mol. The maximum absolute atomic E-state index is 9.84. The number of fused-ring (bicyclic) bond motifs is 1. The predicted octanol–water partition coefficient (Wildman–Crippen LogP) is 2.14. The van der Waals surface area contributed by atoms with E-state index >= 15 is 0 Å². The van der Waals surface area contributed by atoms with E-state index in [1.807, 2.05) is 12.1 Å². The number of pyridine rings is 1. The minimum absolute atomic E-state index is 0.450. The number of morpholine rings is 1. The highest BCUT2D eigenvalue weighted by Crippen LogP contribution is 2.29. The van der Waals surface area contributed by atoms with Crippen LogP contribution in [0.2, 0.25) is 5.02 Å². The van der Waals surface area contributed by atoms with Crippen LogP contribution in [0.5, 0.6) is 0 Å². The van der Waals surface area contributed by atoms with Crippen molar-refractivity contribution in [3.63, 3.8) is 0 Å². The van der Waals surface area contributed by atoms with Crippen LogP contribution < -0.4 is 10.2 Å². The largest absolute Gasteiger partial charge is 0.378 e. The third-order valence-corrected chi connectivity index (χ3v) is 4.73. The second-order valence-corrected chi connectivity index (χ2v) is 6.54. The van der Waals surface area contributed by atoms with Gasteiger partial charge < -0.3 is 15.0 Å². The molecule has 0 spiro atoms. The van der Waals surface area contributed by atoms with Crippen LogP contribution in [0.4, 0.5) is 11.6 Å². The minimum atomic E-state index is 0.450. The summed E-state index contributed by atoms with van der Waals surface area (Å²) in [5, 5.41) is 17.9. The van der Waals surface area contributed by atoms with E-state index in [2.05, 4.69) is 31.4 Å². The summed E-state index contributed by atoms with van der Waals surface area (Å²) in [5.74, 6) is 1.21. The monoisotopic (exact) mass is 383 g/mol. The first-order chi connectivity index (χ1) is 13.3. The van der Waals surface area contributed by atoms with Crippen LogP contribution in [-0.2, 0) is 11.2 Å². The van der Waals surface area contributed by atoms with Gasteiger partial charge in [0.05, 0.1) is 19.4 Å². The fourth-order valence-corrected chi connectivity index (χ4v) is 3.27. The first kappa shape index (κ1) is 17.5. The summed E-state index contributed by atoms with van der Waals surface area (Å²) < 4.78 is 7.01. The molecule has 0 aromatic carbocycles. The first-order valence-electron chi connectivity index (χ1n) is 8.70. The standard InChI is InChI=1S/C18H18ClN7O/c19-15-12-23-26-16(22-6-3-13-1-4-21-5-2-13)14(11-20)17(24-18(15)26)25-7-9-27-10-8-25/h1-2,4-5,12,22H,3,6-10H2. The Balaban J connectivity index is 1.69. The molecule has 4 rings (SSSR count). The highest BCUT2D eigenvalue weighted by atomic mass is 35.5. The fourth-order valence-electron chi connectivity index (χ4n) is 3.10. The maximum Gasteiger partial charge on any atom is 0.178 e. The van der Waals surface area contributed by atoms with E-state index in [4.69, 9.17) is 16.3 Å². The second kappa shape index (κ2) is 7.78. The summed E-state index contributed by atoms with van der Waals surface area (Å²) in [6.07, 6.45) is 5.87. The van der Waals surface area contributed by atoms with E-state index in [-0.39, 0.29) is 0 Å². The van der Waals surface area contributed by atoms with Crippen molar-refractivity contribution >= 4 is 28.9 Å². The third kappa shape index (κ3) is 3.52. The van der Waals surface area contributed by atoms with Crippen LogP contribution in [-0.4, -0.2) is 52.4 Å². The van der Waals surface area contributed by atoms with Crippen molar-refractivity contribution < 1.29 is 4.74 Å². The highest BCUT2D eigenvalue weighted by molar-refractivity contribution is 6.33. The van der Waals surface area contributed by atoms with Gasteiger partial charge in [-0.3, -0.25) is 4.98 Å². The molecule has 0 atom stereocenters. The van der Waals surface area contributed by atoms with Crippen molar-refractivity contribution in [1.29, 1.82) is 5.26 Å². The summed E-state index contributed by atoms with van der Waals surface area (Å²) in [6.45, 7) is 3.21. The topological polar surface area (TPSA) is 91.4 Å². The number of aromatic nitrogens is 4. The van der Waals surface area contributed by atoms with Crippen LogP contribution in [0.3, 0.4) is 0 Å². The zero-order valence-electron chi connectivity index (χ0n) is 14.6. The zero-order valence-corrected chi connectivity index (χ0v) is 15.4. The number of nitrogens with zero attached hydrogens (tertiary/aromatic N) is 6. The Morgan fingerprint density at radius 2 is 2.04 bits per heavy atom. The van der Waals surface area contributed by atoms with Crippen LogP contribution in [0, 0.1) is 11.3 Å². The number of nitrogens with one attached hydrogen (secondary N) is 1. The summed E-state index contributed by atoms with van der Waals surface area (Å²) in [7, 11) is 0. The van der Waals surface area contributed by atoms with E-state index in [1.54, 1.807) is 23.1 Å². The van der Waals surface area contributed by atoms with Crippen molar-refractivity contribution in [3.05, 3.63) is 46.9 Å². The number of halogens is 1. The van der Waals surface area contributed by atoms with Crippen molar-refractivity contribution in [2.75, 3.05) is 43.1 Å². The van der Waals surface area contributed by atoms with Gasteiger partial charge in [0.2, 0.25) is 0 Å². The van der Waals surface area contributed by atoms with E-state index in [9.17, 15) is 5.26 Å². The Morgan fingerprint density at radius 3 is 2.78 bits per heavy atom. The van der Waals surface area contributed by atoms with Gasteiger partial charge >= 0.3 is 0 Å². The van der Waals surface area contributed by atoms with E-state index in [0.29, 0.717) is 60.7 Å². The van der Waals surface area contributed by atoms with Gasteiger partial charge in [-0.15, -0.1) is 0 Å². The minimum Gasteiger partial charge on any atom is -0.378 e. The maximum atomic E-state index is 9.84. The average Bonchev–Trinajstić information content (AvgIpc) is 3.09. The Labute approximate surface area is 161 Å². The molecule has 1 aliphatic rings. The molecular formula is C18H18ClN7O. The summed E-state index contributed by atoms with van der Waals surface area (Å²) in [6, 6.07) is 6.23. The lowest BCUT2D eigenvalue weighted by molar-refractivity contribution is 0.122.